The molecule has 164 valence electrons. The SMILES string of the molecule is COc1ccc(C2=NN3[C@H](C2)c2ccccc2O[C@H]3c2ccc(C(C)C)cc2)cc1OC. The quantitative estimate of drug-likeness (QED) is 0.495. The minimum Gasteiger partial charge on any atom is -0.493 e. The average Bonchev–Trinajstić information content (AvgIpc) is 3.29. The number of para-hydroxylation sites is 1. The molecule has 0 aromatic heterocycles. The fraction of sp³-hybridized carbons (Fsp3) is 0.296. The maximum absolute atomic E-state index is 6.47. The maximum atomic E-state index is 6.47. The van der Waals surface area contributed by atoms with Crippen LogP contribution >= 0.6 is 0 Å². The van der Waals surface area contributed by atoms with Gasteiger partial charge in [-0.25, -0.2) is 5.01 Å². The van der Waals surface area contributed by atoms with E-state index in [1.807, 2.05) is 24.3 Å². The molecule has 0 aliphatic carbocycles. The van der Waals surface area contributed by atoms with Crippen LogP contribution in [0, 0.1) is 0 Å². The van der Waals surface area contributed by atoms with Crippen molar-refractivity contribution < 1.29 is 14.2 Å². The van der Waals surface area contributed by atoms with Gasteiger partial charge in [-0.3, -0.25) is 0 Å². The first-order valence-electron chi connectivity index (χ1n) is 11.0. The zero-order chi connectivity index (χ0) is 22.2. The molecule has 0 amide bonds. The summed E-state index contributed by atoms with van der Waals surface area (Å²) < 4.78 is 17.4. The van der Waals surface area contributed by atoms with Crippen LogP contribution < -0.4 is 14.2 Å². The van der Waals surface area contributed by atoms with Crippen LogP contribution in [-0.4, -0.2) is 24.9 Å². The van der Waals surface area contributed by atoms with Crippen LogP contribution in [0.1, 0.15) is 60.7 Å². The van der Waals surface area contributed by atoms with E-state index in [9.17, 15) is 0 Å². The average molecular weight is 429 g/mol. The molecule has 0 N–H and O–H groups in total. The Hall–Kier alpha value is -3.47. The number of fused-ring (bicyclic) bond motifs is 3. The van der Waals surface area contributed by atoms with Crippen LogP contribution in [-0.2, 0) is 0 Å². The van der Waals surface area contributed by atoms with Gasteiger partial charge in [0.05, 0.1) is 26.0 Å². The van der Waals surface area contributed by atoms with E-state index >= 15 is 0 Å². The van der Waals surface area contributed by atoms with Crippen molar-refractivity contribution in [1.82, 2.24) is 5.01 Å². The molecular weight excluding hydrogens is 400 g/mol. The van der Waals surface area contributed by atoms with E-state index in [4.69, 9.17) is 19.3 Å². The Morgan fingerprint density at radius 3 is 2.41 bits per heavy atom. The molecular formula is C27H28N2O3. The molecule has 3 aromatic rings. The molecule has 3 aromatic carbocycles. The fourth-order valence-corrected chi connectivity index (χ4v) is 4.49. The molecule has 0 saturated carbocycles. The highest BCUT2D eigenvalue weighted by Crippen LogP contribution is 2.47. The summed E-state index contributed by atoms with van der Waals surface area (Å²) in [5.41, 5.74) is 5.63. The second-order valence-corrected chi connectivity index (χ2v) is 8.55. The highest BCUT2D eigenvalue weighted by atomic mass is 16.5. The van der Waals surface area contributed by atoms with Gasteiger partial charge in [-0.2, -0.15) is 5.10 Å². The third kappa shape index (κ3) is 3.48. The van der Waals surface area contributed by atoms with Crippen molar-refractivity contribution in [3.8, 4) is 17.2 Å². The van der Waals surface area contributed by atoms with Gasteiger partial charge < -0.3 is 14.2 Å². The van der Waals surface area contributed by atoms with Gasteiger partial charge in [-0.1, -0.05) is 56.3 Å². The standard InChI is InChI=1S/C27H28N2O3/c1-17(2)18-9-11-19(12-10-18)27-29-23(21-7-5-6-8-24(21)32-27)16-22(28-29)20-13-14-25(30-3)26(15-20)31-4/h5-15,17,23,27H,16H2,1-4H3/t23-,27+/m1/s1. The molecule has 2 aliphatic rings. The molecule has 0 fully saturated rings. The van der Waals surface area contributed by atoms with Gasteiger partial charge in [0.2, 0.25) is 6.23 Å². The van der Waals surface area contributed by atoms with Crippen molar-refractivity contribution in [3.63, 3.8) is 0 Å². The minimum atomic E-state index is -0.270. The van der Waals surface area contributed by atoms with E-state index in [2.05, 4.69) is 61.3 Å². The second kappa shape index (κ2) is 8.23. The summed E-state index contributed by atoms with van der Waals surface area (Å²) in [5, 5.41) is 7.16. The molecule has 5 rings (SSSR count). The molecule has 32 heavy (non-hydrogen) atoms. The summed E-state index contributed by atoms with van der Waals surface area (Å²) in [5.74, 6) is 2.83. The molecule has 0 unspecified atom stereocenters. The smallest absolute Gasteiger partial charge is 0.213 e. The van der Waals surface area contributed by atoms with Crippen LogP contribution in [0.4, 0.5) is 0 Å². The minimum absolute atomic E-state index is 0.123. The van der Waals surface area contributed by atoms with Gasteiger partial charge >= 0.3 is 0 Å². The molecule has 0 radical (unpaired) electrons. The summed E-state index contributed by atoms with van der Waals surface area (Å²) in [6, 6.07) is 23.1. The molecule has 0 saturated heterocycles. The number of nitrogens with zero attached hydrogens (tertiary/aromatic N) is 2. The van der Waals surface area contributed by atoms with Crippen molar-refractivity contribution >= 4 is 5.71 Å². The maximum Gasteiger partial charge on any atom is 0.213 e. The Morgan fingerprint density at radius 2 is 1.69 bits per heavy atom. The predicted octanol–water partition coefficient (Wildman–Crippen LogP) is 6.07. The third-order valence-corrected chi connectivity index (χ3v) is 6.30. The lowest BCUT2D eigenvalue weighted by Crippen LogP contribution is -2.33. The van der Waals surface area contributed by atoms with Gasteiger partial charge in [0.15, 0.2) is 11.5 Å². The van der Waals surface area contributed by atoms with Crippen LogP contribution in [0.25, 0.3) is 0 Å². The van der Waals surface area contributed by atoms with Gasteiger partial charge in [0, 0.05) is 23.1 Å². The lowest BCUT2D eigenvalue weighted by atomic mass is 9.95. The number of ether oxygens (including phenoxy) is 3. The van der Waals surface area contributed by atoms with Gasteiger partial charge in [0.1, 0.15) is 5.75 Å². The first-order chi connectivity index (χ1) is 15.6. The van der Waals surface area contributed by atoms with Crippen LogP contribution in [0.3, 0.4) is 0 Å². The Morgan fingerprint density at radius 1 is 0.938 bits per heavy atom. The Kier molecular flexibility index (Phi) is 5.25. The first-order valence-corrected chi connectivity index (χ1v) is 11.0. The van der Waals surface area contributed by atoms with Crippen LogP contribution in [0.5, 0.6) is 17.2 Å². The van der Waals surface area contributed by atoms with E-state index in [1.165, 1.54) is 11.1 Å². The molecule has 2 atom stereocenters. The van der Waals surface area contributed by atoms with Crippen molar-refractivity contribution in [1.29, 1.82) is 0 Å². The fourth-order valence-electron chi connectivity index (χ4n) is 4.49. The lowest BCUT2D eigenvalue weighted by Gasteiger charge is -2.38. The van der Waals surface area contributed by atoms with Crippen molar-refractivity contribution in [2.24, 2.45) is 5.10 Å². The molecule has 0 bridgehead atoms. The summed E-state index contributed by atoms with van der Waals surface area (Å²) in [7, 11) is 3.30. The number of hydrazone groups is 1. The zero-order valence-electron chi connectivity index (χ0n) is 18.9. The number of hydrogen-bond donors (Lipinski definition) is 0. The number of methoxy groups -OCH3 is 2. The predicted molar refractivity (Wildman–Crippen MR) is 126 cm³/mol. The van der Waals surface area contributed by atoms with Crippen molar-refractivity contribution in [3.05, 3.63) is 89.0 Å². The van der Waals surface area contributed by atoms with E-state index in [0.29, 0.717) is 17.4 Å². The van der Waals surface area contributed by atoms with Crippen molar-refractivity contribution in [2.75, 3.05) is 14.2 Å². The summed E-state index contributed by atoms with van der Waals surface area (Å²) in [4.78, 5) is 0. The van der Waals surface area contributed by atoms with E-state index in [-0.39, 0.29) is 12.3 Å². The monoisotopic (exact) mass is 428 g/mol. The molecule has 5 heteroatoms. The Labute approximate surface area is 189 Å². The lowest BCUT2D eigenvalue weighted by molar-refractivity contribution is -0.0190. The molecule has 5 nitrogen and oxygen atoms in total. The number of rotatable bonds is 5. The van der Waals surface area contributed by atoms with E-state index in [0.717, 1.165) is 29.0 Å². The second-order valence-electron chi connectivity index (χ2n) is 8.55. The topological polar surface area (TPSA) is 43.3 Å². The number of benzene rings is 3. The summed E-state index contributed by atoms with van der Waals surface area (Å²) in [6.07, 6.45) is 0.532. The van der Waals surface area contributed by atoms with Gasteiger partial charge in [-0.15, -0.1) is 0 Å². The summed E-state index contributed by atoms with van der Waals surface area (Å²) >= 11 is 0. The van der Waals surface area contributed by atoms with Gasteiger partial charge in [0.25, 0.3) is 0 Å². The highest BCUT2D eigenvalue weighted by molar-refractivity contribution is 6.02. The largest absolute Gasteiger partial charge is 0.493 e. The Balaban J connectivity index is 1.55. The molecule has 2 heterocycles. The van der Waals surface area contributed by atoms with Crippen molar-refractivity contribution in [2.45, 2.75) is 38.5 Å². The third-order valence-electron chi connectivity index (χ3n) is 6.30. The van der Waals surface area contributed by atoms with Crippen LogP contribution in [0.15, 0.2) is 71.8 Å². The Bertz CT molecular complexity index is 1150. The first kappa shape index (κ1) is 20.4. The molecule has 2 aliphatic heterocycles. The van der Waals surface area contributed by atoms with Crippen LogP contribution in [0.2, 0.25) is 0 Å². The normalized spacial score (nSPS) is 19.2. The number of hydrogen-bond acceptors (Lipinski definition) is 5. The zero-order valence-corrected chi connectivity index (χ0v) is 18.9. The highest BCUT2D eigenvalue weighted by Gasteiger charge is 2.40. The molecule has 0 spiro atoms. The summed E-state index contributed by atoms with van der Waals surface area (Å²) in [6.45, 7) is 4.41. The van der Waals surface area contributed by atoms with Gasteiger partial charge in [-0.05, 0) is 35.7 Å². The van der Waals surface area contributed by atoms with E-state index < -0.39 is 0 Å². The van der Waals surface area contributed by atoms with E-state index in [1.54, 1.807) is 14.2 Å².